The molecule has 3 heterocycles. The molecule has 2 aromatic rings. The van der Waals surface area contributed by atoms with E-state index in [0.29, 0.717) is 35.5 Å². The van der Waals surface area contributed by atoms with Gasteiger partial charge in [-0.25, -0.2) is 0 Å². The summed E-state index contributed by atoms with van der Waals surface area (Å²) in [5.41, 5.74) is 3.14. The molecule has 0 saturated carbocycles. The van der Waals surface area contributed by atoms with Crippen LogP contribution < -0.4 is 15.4 Å². The Hall–Kier alpha value is -2.11. The number of fused-ring (bicyclic) bond motifs is 1. The minimum absolute atomic E-state index is 0.00538. The van der Waals surface area contributed by atoms with Crippen molar-refractivity contribution in [1.29, 1.82) is 0 Å². The van der Waals surface area contributed by atoms with E-state index in [1.165, 1.54) is 0 Å². The van der Waals surface area contributed by atoms with Crippen molar-refractivity contribution in [2.75, 3.05) is 6.61 Å². The van der Waals surface area contributed by atoms with E-state index in [0.717, 1.165) is 23.2 Å². The predicted octanol–water partition coefficient (Wildman–Crippen LogP) is 3.16. The van der Waals surface area contributed by atoms with Crippen molar-refractivity contribution in [1.82, 2.24) is 15.6 Å². The van der Waals surface area contributed by atoms with E-state index in [1.54, 1.807) is 6.20 Å². The van der Waals surface area contributed by atoms with Crippen LogP contribution in [0.4, 0.5) is 0 Å². The van der Waals surface area contributed by atoms with Crippen LogP contribution in [0.25, 0.3) is 11.1 Å². The molecule has 0 radical (unpaired) electrons. The van der Waals surface area contributed by atoms with E-state index in [-0.39, 0.29) is 11.4 Å². The van der Waals surface area contributed by atoms with Gasteiger partial charge in [0.1, 0.15) is 12.4 Å². The average molecular weight is 358 g/mol. The SMILES string of the molecule is CC1C[C@@](C)(COc2ccc(-c3ccnc4c3C(=O)NC4)cc2Cl)N1. The average Bonchev–Trinajstić information content (AvgIpc) is 2.94. The number of carbonyl (C=O) groups excluding carboxylic acids is 1. The number of ether oxygens (including phenoxy) is 1. The molecule has 0 spiro atoms. The topological polar surface area (TPSA) is 63.2 Å². The molecule has 6 heteroatoms. The number of aromatic nitrogens is 1. The predicted molar refractivity (Wildman–Crippen MR) is 97.0 cm³/mol. The van der Waals surface area contributed by atoms with Gasteiger partial charge < -0.3 is 15.4 Å². The molecule has 2 N–H and O–H groups in total. The highest BCUT2D eigenvalue weighted by molar-refractivity contribution is 6.32. The van der Waals surface area contributed by atoms with Crippen LogP contribution in [-0.4, -0.2) is 29.1 Å². The number of pyridine rings is 1. The summed E-state index contributed by atoms with van der Waals surface area (Å²) in [6.45, 7) is 5.35. The molecule has 5 nitrogen and oxygen atoms in total. The lowest BCUT2D eigenvalue weighted by Gasteiger charge is -2.45. The zero-order chi connectivity index (χ0) is 17.6. The summed E-state index contributed by atoms with van der Waals surface area (Å²) < 4.78 is 5.91. The van der Waals surface area contributed by atoms with Crippen molar-refractivity contribution in [2.24, 2.45) is 0 Å². The number of benzene rings is 1. The van der Waals surface area contributed by atoms with Crippen LogP contribution in [0.15, 0.2) is 30.5 Å². The van der Waals surface area contributed by atoms with Gasteiger partial charge in [0.25, 0.3) is 5.91 Å². The Kier molecular flexibility index (Phi) is 3.93. The van der Waals surface area contributed by atoms with Crippen molar-refractivity contribution >= 4 is 17.5 Å². The molecule has 1 fully saturated rings. The maximum Gasteiger partial charge on any atom is 0.254 e. The molecular weight excluding hydrogens is 338 g/mol. The standard InChI is InChI=1S/C19H20ClN3O2/c1-11-8-19(2,23-11)10-25-16-4-3-12(7-14(16)20)13-5-6-21-15-9-22-18(24)17(13)15/h3-7,11,23H,8-10H2,1-2H3,(H,22,24)/t11?,19-/m0/s1. The van der Waals surface area contributed by atoms with Crippen LogP contribution in [0.5, 0.6) is 5.75 Å². The molecule has 25 heavy (non-hydrogen) atoms. The molecule has 2 aliphatic heterocycles. The number of nitrogens with zero attached hydrogens (tertiary/aromatic N) is 1. The molecule has 1 unspecified atom stereocenters. The van der Waals surface area contributed by atoms with E-state index in [9.17, 15) is 4.79 Å². The third-order valence-corrected chi connectivity index (χ3v) is 5.11. The monoisotopic (exact) mass is 357 g/mol. The van der Waals surface area contributed by atoms with Gasteiger partial charge in [-0.05, 0) is 49.6 Å². The number of hydrogen-bond donors (Lipinski definition) is 2. The first-order valence-electron chi connectivity index (χ1n) is 8.42. The largest absolute Gasteiger partial charge is 0.490 e. The number of halogens is 1. The van der Waals surface area contributed by atoms with Gasteiger partial charge in [-0.2, -0.15) is 0 Å². The van der Waals surface area contributed by atoms with E-state index < -0.39 is 0 Å². The highest BCUT2D eigenvalue weighted by atomic mass is 35.5. The van der Waals surface area contributed by atoms with Gasteiger partial charge in [-0.15, -0.1) is 0 Å². The fourth-order valence-electron chi connectivity index (χ4n) is 3.76. The highest BCUT2D eigenvalue weighted by Crippen LogP contribution is 2.34. The quantitative estimate of drug-likeness (QED) is 0.882. The van der Waals surface area contributed by atoms with Gasteiger partial charge in [0, 0.05) is 12.2 Å². The van der Waals surface area contributed by atoms with Crippen LogP contribution in [0.1, 0.15) is 36.3 Å². The highest BCUT2D eigenvalue weighted by Gasteiger charge is 2.37. The number of nitrogens with one attached hydrogen (secondary N) is 2. The smallest absolute Gasteiger partial charge is 0.254 e. The van der Waals surface area contributed by atoms with Gasteiger partial charge >= 0.3 is 0 Å². The fourth-order valence-corrected chi connectivity index (χ4v) is 3.99. The van der Waals surface area contributed by atoms with E-state index in [1.807, 2.05) is 24.3 Å². The number of rotatable bonds is 4. The molecule has 2 aliphatic rings. The van der Waals surface area contributed by atoms with Crippen molar-refractivity contribution in [3.63, 3.8) is 0 Å². The third-order valence-electron chi connectivity index (χ3n) is 4.81. The van der Waals surface area contributed by atoms with Crippen LogP contribution >= 0.6 is 11.6 Å². The summed E-state index contributed by atoms with van der Waals surface area (Å²) in [5, 5.41) is 6.81. The second kappa shape index (κ2) is 6.00. The molecule has 1 amide bonds. The Labute approximate surface area is 151 Å². The van der Waals surface area contributed by atoms with Gasteiger partial charge in [0.2, 0.25) is 0 Å². The Morgan fingerprint density at radius 1 is 1.40 bits per heavy atom. The van der Waals surface area contributed by atoms with Crippen molar-refractivity contribution in [3.8, 4) is 16.9 Å². The molecule has 4 rings (SSSR count). The first kappa shape index (κ1) is 16.4. The van der Waals surface area contributed by atoms with E-state index >= 15 is 0 Å². The normalized spacial score (nSPS) is 24.4. The number of carbonyl (C=O) groups is 1. The second-order valence-corrected chi connectivity index (χ2v) is 7.51. The number of amides is 1. The molecule has 1 saturated heterocycles. The lowest BCUT2D eigenvalue weighted by molar-refractivity contribution is 0.0952. The molecular formula is C19H20ClN3O2. The van der Waals surface area contributed by atoms with Crippen molar-refractivity contribution < 1.29 is 9.53 Å². The summed E-state index contributed by atoms with van der Waals surface area (Å²) in [4.78, 5) is 16.3. The lowest BCUT2D eigenvalue weighted by atomic mass is 9.85. The van der Waals surface area contributed by atoms with Crippen LogP contribution in [-0.2, 0) is 6.54 Å². The Balaban J connectivity index is 1.57. The van der Waals surface area contributed by atoms with Crippen molar-refractivity contribution in [2.45, 2.75) is 38.4 Å². The molecule has 1 aromatic heterocycles. The molecule has 0 aliphatic carbocycles. The van der Waals surface area contributed by atoms with E-state index in [2.05, 4.69) is 29.5 Å². The summed E-state index contributed by atoms with van der Waals surface area (Å²) >= 11 is 6.42. The van der Waals surface area contributed by atoms with Crippen LogP contribution in [0.3, 0.4) is 0 Å². The summed E-state index contributed by atoms with van der Waals surface area (Å²) in [6.07, 6.45) is 2.80. The first-order chi connectivity index (χ1) is 12.0. The third kappa shape index (κ3) is 2.98. The summed E-state index contributed by atoms with van der Waals surface area (Å²) in [5.74, 6) is 0.566. The zero-order valence-corrected chi connectivity index (χ0v) is 15.0. The molecule has 0 bridgehead atoms. The van der Waals surface area contributed by atoms with Gasteiger partial charge in [-0.1, -0.05) is 17.7 Å². The summed E-state index contributed by atoms with van der Waals surface area (Å²) in [7, 11) is 0. The Morgan fingerprint density at radius 3 is 2.92 bits per heavy atom. The van der Waals surface area contributed by atoms with E-state index in [4.69, 9.17) is 16.3 Å². The van der Waals surface area contributed by atoms with Crippen LogP contribution in [0.2, 0.25) is 5.02 Å². The van der Waals surface area contributed by atoms with Crippen LogP contribution in [0, 0.1) is 0 Å². The Morgan fingerprint density at radius 2 is 2.20 bits per heavy atom. The lowest BCUT2D eigenvalue weighted by Crippen LogP contribution is -2.63. The second-order valence-electron chi connectivity index (χ2n) is 7.11. The first-order valence-corrected chi connectivity index (χ1v) is 8.79. The van der Waals surface area contributed by atoms with Crippen molar-refractivity contribution in [3.05, 3.63) is 46.7 Å². The maximum atomic E-state index is 12.1. The van der Waals surface area contributed by atoms with Gasteiger partial charge in [-0.3, -0.25) is 9.78 Å². The fraction of sp³-hybridized carbons (Fsp3) is 0.368. The molecule has 2 atom stereocenters. The summed E-state index contributed by atoms with van der Waals surface area (Å²) in [6, 6.07) is 8.02. The van der Waals surface area contributed by atoms with Gasteiger partial charge in [0.15, 0.2) is 0 Å². The minimum atomic E-state index is -0.0901. The number of hydrogen-bond acceptors (Lipinski definition) is 4. The zero-order valence-electron chi connectivity index (χ0n) is 14.2. The molecule has 1 aromatic carbocycles. The molecule has 130 valence electrons. The Bertz CT molecular complexity index is 847. The minimum Gasteiger partial charge on any atom is -0.490 e. The maximum absolute atomic E-state index is 12.1. The van der Waals surface area contributed by atoms with Gasteiger partial charge in [0.05, 0.1) is 28.4 Å².